The van der Waals surface area contributed by atoms with Crippen LogP contribution < -0.4 is 0 Å². The van der Waals surface area contributed by atoms with E-state index in [0.717, 1.165) is 22.8 Å². The number of hydrogen-bond acceptors (Lipinski definition) is 5. The van der Waals surface area contributed by atoms with Crippen LogP contribution >= 0.6 is 24.0 Å². The quantitative estimate of drug-likeness (QED) is 0.571. The minimum atomic E-state index is -0.955. The summed E-state index contributed by atoms with van der Waals surface area (Å²) in [6.07, 6.45) is 3.48. The maximum atomic E-state index is 12.6. The van der Waals surface area contributed by atoms with E-state index in [-0.39, 0.29) is 24.9 Å². The number of aryl methyl sites for hydroxylation is 1. The van der Waals surface area contributed by atoms with Crippen LogP contribution in [-0.2, 0) is 9.59 Å². The molecule has 0 radical (unpaired) electrons. The van der Waals surface area contributed by atoms with Gasteiger partial charge in [-0.1, -0.05) is 24.0 Å². The van der Waals surface area contributed by atoms with Crippen molar-refractivity contribution < 1.29 is 14.7 Å². The summed E-state index contributed by atoms with van der Waals surface area (Å²) < 4.78 is 4.46. The van der Waals surface area contributed by atoms with E-state index in [2.05, 4.69) is 23.5 Å². The van der Waals surface area contributed by atoms with Gasteiger partial charge in [-0.25, -0.2) is 4.68 Å². The Morgan fingerprint density at radius 3 is 2.75 bits per heavy atom. The Kier molecular flexibility index (Phi) is 5.76. The second-order valence-corrected chi connectivity index (χ2v) is 8.54. The maximum absolute atomic E-state index is 12.6. The van der Waals surface area contributed by atoms with Crippen LogP contribution in [0.3, 0.4) is 0 Å². The first kappa shape index (κ1) is 20.3. The highest BCUT2D eigenvalue weighted by Crippen LogP contribution is 2.34. The molecule has 0 saturated carbocycles. The van der Waals surface area contributed by atoms with Crippen LogP contribution in [0.1, 0.15) is 43.3 Å². The third kappa shape index (κ3) is 3.77. The fraction of sp³-hybridized carbons (Fsp3) is 0.368. The van der Waals surface area contributed by atoms with E-state index in [1.165, 1.54) is 16.7 Å². The number of carboxylic acid groups (broad SMARTS) is 1. The van der Waals surface area contributed by atoms with E-state index in [1.54, 1.807) is 6.20 Å². The van der Waals surface area contributed by atoms with Crippen molar-refractivity contribution in [2.24, 2.45) is 0 Å². The zero-order valence-electron chi connectivity index (χ0n) is 16.2. The smallest absolute Gasteiger partial charge is 0.305 e. The molecule has 1 saturated heterocycles. The predicted octanol–water partition coefficient (Wildman–Crippen LogP) is 3.55. The van der Waals surface area contributed by atoms with E-state index in [4.69, 9.17) is 17.3 Å². The topological polar surface area (TPSA) is 80.4 Å². The van der Waals surface area contributed by atoms with Gasteiger partial charge in [0.25, 0.3) is 5.91 Å². The summed E-state index contributed by atoms with van der Waals surface area (Å²) in [7, 11) is 0. The summed E-state index contributed by atoms with van der Waals surface area (Å²) in [6.45, 7) is 8.26. The van der Waals surface area contributed by atoms with Crippen LogP contribution in [0.5, 0.6) is 0 Å². The number of carbonyl (C=O) groups is 2. The molecule has 2 aromatic rings. The molecule has 0 aromatic carbocycles. The summed E-state index contributed by atoms with van der Waals surface area (Å²) >= 11 is 6.46. The van der Waals surface area contributed by atoms with Crippen molar-refractivity contribution in [1.82, 2.24) is 19.2 Å². The van der Waals surface area contributed by atoms with Gasteiger partial charge in [-0.05, 0) is 45.4 Å². The number of amides is 1. The second-order valence-electron chi connectivity index (χ2n) is 6.87. The summed E-state index contributed by atoms with van der Waals surface area (Å²) in [6, 6.07) is 4.21. The summed E-state index contributed by atoms with van der Waals surface area (Å²) in [5, 5.41) is 13.3. The molecule has 1 aliphatic heterocycles. The number of thiocarbonyl (C=S) groups is 1. The minimum Gasteiger partial charge on any atom is -0.481 e. The lowest BCUT2D eigenvalue weighted by atomic mass is 10.2. The zero-order chi connectivity index (χ0) is 20.6. The van der Waals surface area contributed by atoms with Crippen LogP contribution in [0, 0.1) is 13.8 Å². The van der Waals surface area contributed by atoms with Gasteiger partial charge in [0.1, 0.15) is 10.1 Å². The molecule has 7 nitrogen and oxygen atoms in total. The number of aromatic nitrogens is 3. The van der Waals surface area contributed by atoms with Gasteiger partial charge < -0.3 is 9.67 Å². The van der Waals surface area contributed by atoms with Gasteiger partial charge >= 0.3 is 5.97 Å². The van der Waals surface area contributed by atoms with Crippen LogP contribution in [-0.4, -0.2) is 47.1 Å². The molecule has 0 bridgehead atoms. The molecule has 3 rings (SSSR count). The van der Waals surface area contributed by atoms with E-state index < -0.39 is 5.97 Å². The largest absolute Gasteiger partial charge is 0.481 e. The maximum Gasteiger partial charge on any atom is 0.305 e. The highest BCUT2D eigenvalue weighted by atomic mass is 32.2. The Hall–Kier alpha value is -2.39. The van der Waals surface area contributed by atoms with Gasteiger partial charge in [0.15, 0.2) is 0 Å². The average Bonchev–Trinajstić information content (AvgIpc) is 3.25. The second kappa shape index (κ2) is 7.92. The molecule has 2 aromatic heterocycles. The average molecular weight is 419 g/mol. The SMILES string of the molecule is Cc1cc(/C=C2\SC(=S)N(CCC(=O)O)C2=O)c(C)n1-c1ccnn1C(C)C. The standard InChI is InChI=1S/C19H22N4O3S2/c1-11(2)23-16(5-7-20-23)22-12(3)9-14(13(22)4)10-15-18(26)21(19(27)28-15)8-6-17(24)25/h5,7,9-11H,6,8H2,1-4H3,(H,24,25)/b15-10-. The molecule has 0 spiro atoms. The molecule has 0 unspecified atom stereocenters. The van der Waals surface area contributed by atoms with Crippen LogP contribution in [0.25, 0.3) is 11.9 Å². The molecule has 0 atom stereocenters. The first-order valence-corrected chi connectivity index (χ1v) is 10.1. The summed E-state index contributed by atoms with van der Waals surface area (Å²) in [4.78, 5) is 25.3. The van der Waals surface area contributed by atoms with Gasteiger partial charge in [-0.2, -0.15) is 5.10 Å². The van der Waals surface area contributed by atoms with Crippen LogP contribution in [0.15, 0.2) is 23.2 Å². The van der Waals surface area contributed by atoms with Crippen molar-refractivity contribution in [3.8, 4) is 5.82 Å². The monoisotopic (exact) mass is 418 g/mol. The number of nitrogens with zero attached hydrogens (tertiary/aromatic N) is 4. The molecule has 1 N–H and O–H groups in total. The Morgan fingerprint density at radius 1 is 1.39 bits per heavy atom. The highest BCUT2D eigenvalue weighted by Gasteiger charge is 2.32. The first-order valence-electron chi connectivity index (χ1n) is 8.90. The van der Waals surface area contributed by atoms with Crippen molar-refractivity contribution in [3.63, 3.8) is 0 Å². The van der Waals surface area contributed by atoms with Gasteiger partial charge in [0.2, 0.25) is 0 Å². The number of carboxylic acids is 1. The lowest BCUT2D eigenvalue weighted by molar-refractivity contribution is -0.137. The van der Waals surface area contributed by atoms with Crippen LogP contribution in [0.4, 0.5) is 0 Å². The molecule has 28 heavy (non-hydrogen) atoms. The van der Waals surface area contributed by atoms with Crippen LogP contribution in [0.2, 0.25) is 0 Å². The Balaban J connectivity index is 1.94. The number of hydrogen-bond donors (Lipinski definition) is 1. The number of aliphatic carboxylic acids is 1. The number of thioether (sulfide) groups is 1. The van der Waals surface area contributed by atoms with E-state index in [9.17, 15) is 9.59 Å². The van der Waals surface area contributed by atoms with Gasteiger partial charge in [0, 0.05) is 30.0 Å². The lowest BCUT2D eigenvalue weighted by Gasteiger charge is -2.15. The number of rotatable bonds is 6. The first-order chi connectivity index (χ1) is 13.2. The van der Waals surface area contributed by atoms with Gasteiger partial charge in [-0.15, -0.1) is 0 Å². The van der Waals surface area contributed by atoms with E-state index >= 15 is 0 Å². The van der Waals surface area contributed by atoms with Crippen molar-refractivity contribution in [1.29, 1.82) is 0 Å². The third-order valence-corrected chi connectivity index (χ3v) is 5.93. The third-order valence-electron chi connectivity index (χ3n) is 4.55. The molecule has 9 heteroatoms. The fourth-order valence-corrected chi connectivity index (χ4v) is 4.51. The van der Waals surface area contributed by atoms with Gasteiger partial charge in [0.05, 0.1) is 17.5 Å². The predicted molar refractivity (Wildman–Crippen MR) is 114 cm³/mol. The van der Waals surface area contributed by atoms with Crippen molar-refractivity contribution in [2.75, 3.05) is 6.54 Å². The Bertz CT molecular complexity index is 987. The molecule has 1 aliphatic rings. The van der Waals surface area contributed by atoms with Crippen molar-refractivity contribution in [3.05, 3.63) is 40.2 Å². The van der Waals surface area contributed by atoms with E-state index in [1.807, 2.05) is 36.7 Å². The summed E-state index contributed by atoms with van der Waals surface area (Å²) in [5.74, 6) is -0.227. The fourth-order valence-electron chi connectivity index (χ4n) is 3.21. The zero-order valence-corrected chi connectivity index (χ0v) is 17.8. The summed E-state index contributed by atoms with van der Waals surface area (Å²) in [5.41, 5.74) is 2.95. The molecular weight excluding hydrogens is 396 g/mol. The normalized spacial score (nSPS) is 16.0. The number of carbonyl (C=O) groups excluding carboxylic acids is 1. The van der Waals surface area contributed by atoms with E-state index in [0.29, 0.717) is 9.23 Å². The molecular formula is C19H22N4O3S2. The molecule has 1 amide bonds. The van der Waals surface area contributed by atoms with Crippen molar-refractivity contribution >= 4 is 46.3 Å². The molecule has 148 valence electrons. The highest BCUT2D eigenvalue weighted by molar-refractivity contribution is 8.26. The minimum absolute atomic E-state index is 0.0872. The van der Waals surface area contributed by atoms with Gasteiger partial charge in [-0.3, -0.25) is 14.5 Å². The Labute approximate surface area is 173 Å². The molecule has 1 fully saturated rings. The lowest BCUT2D eigenvalue weighted by Crippen LogP contribution is -2.30. The molecule has 3 heterocycles. The Morgan fingerprint density at radius 2 is 2.11 bits per heavy atom. The van der Waals surface area contributed by atoms with Crippen molar-refractivity contribution in [2.45, 2.75) is 40.2 Å². The molecule has 0 aliphatic carbocycles.